The third-order valence-electron chi connectivity index (χ3n) is 5.78. The van der Waals surface area contributed by atoms with Crippen molar-refractivity contribution in [3.8, 4) is 0 Å². The van der Waals surface area contributed by atoms with Gasteiger partial charge in [0.15, 0.2) is 0 Å². The number of carbonyl (C=O) groups excluding carboxylic acids is 1. The Morgan fingerprint density at radius 3 is 2.73 bits per heavy atom. The smallest absolute Gasteiger partial charge is 0.225 e. The highest BCUT2D eigenvalue weighted by atomic mass is 35.5. The largest absolute Gasteiger partial charge is 0.390 e. The van der Waals surface area contributed by atoms with Gasteiger partial charge in [-0.3, -0.25) is 9.79 Å². The number of rotatable bonds is 5. The minimum atomic E-state index is -1.00. The van der Waals surface area contributed by atoms with Crippen molar-refractivity contribution in [2.24, 2.45) is 4.99 Å². The molecule has 0 bridgehead atoms. The molecule has 1 aromatic rings. The lowest BCUT2D eigenvalue weighted by molar-refractivity contribution is -0.136. The highest BCUT2D eigenvalue weighted by Gasteiger charge is 2.35. The number of anilines is 1. The number of hydrogen-bond donors (Lipinski definition) is 1. The second-order valence-corrected chi connectivity index (χ2v) is 9.44. The molecule has 6 nitrogen and oxygen atoms in total. The Hall–Kier alpha value is -1.92. The quantitative estimate of drug-likeness (QED) is 0.767. The van der Waals surface area contributed by atoms with Crippen LogP contribution >= 0.6 is 11.6 Å². The highest BCUT2D eigenvalue weighted by molar-refractivity contribution is 6.35. The van der Waals surface area contributed by atoms with E-state index in [4.69, 9.17) is 16.6 Å². The predicted molar refractivity (Wildman–Crippen MR) is 123 cm³/mol. The van der Waals surface area contributed by atoms with Gasteiger partial charge in [0, 0.05) is 43.5 Å². The van der Waals surface area contributed by atoms with Gasteiger partial charge < -0.3 is 14.9 Å². The summed E-state index contributed by atoms with van der Waals surface area (Å²) in [5.74, 6) is 0.860. The zero-order chi connectivity index (χ0) is 22.1. The Bertz CT molecular complexity index is 859. The molecule has 2 unspecified atom stereocenters. The maximum atomic E-state index is 12.7. The van der Waals surface area contributed by atoms with E-state index in [9.17, 15) is 9.90 Å². The lowest BCUT2D eigenvalue weighted by Crippen LogP contribution is -2.59. The van der Waals surface area contributed by atoms with Gasteiger partial charge in [-0.05, 0) is 52.2 Å². The molecule has 0 aromatic carbocycles. The molecular weight excluding hydrogens is 400 g/mol. The summed E-state index contributed by atoms with van der Waals surface area (Å²) >= 11 is 6.50. The van der Waals surface area contributed by atoms with Crippen molar-refractivity contribution in [1.82, 2.24) is 9.88 Å². The molecule has 2 aliphatic heterocycles. The van der Waals surface area contributed by atoms with Crippen molar-refractivity contribution >= 4 is 29.0 Å². The van der Waals surface area contributed by atoms with Crippen LogP contribution in [0.25, 0.3) is 0 Å². The Balaban J connectivity index is 1.87. The topological polar surface area (TPSA) is 69.0 Å². The first-order valence-corrected chi connectivity index (χ1v) is 11.1. The van der Waals surface area contributed by atoms with Gasteiger partial charge in [0.2, 0.25) is 5.91 Å². The normalized spacial score (nSPS) is 22.6. The van der Waals surface area contributed by atoms with Gasteiger partial charge in [-0.15, -0.1) is 0 Å². The number of nitrogens with zero attached hydrogens (tertiary/aromatic N) is 4. The van der Waals surface area contributed by atoms with E-state index in [-0.39, 0.29) is 24.4 Å². The lowest BCUT2D eigenvalue weighted by Gasteiger charge is -2.46. The summed E-state index contributed by atoms with van der Waals surface area (Å²) in [5, 5.41) is 10.6. The third-order valence-corrected chi connectivity index (χ3v) is 6.08. The molecule has 0 radical (unpaired) electrons. The van der Waals surface area contributed by atoms with Gasteiger partial charge in [0.05, 0.1) is 22.8 Å². The van der Waals surface area contributed by atoms with Crippen LogP contribution in [0, 0.1) is 0 Å². The summed E-state index contributed by atoms with van der Waals surface area (Å²) in [5.41, 5.74) is 1.99. The summed E-state index contributed by atoms with van der Waals surface area (Å²) in [4.78, 5) is 26.2. The SMILES string of the molecule is CCC1CN(C(=O)CC(C)(C)O)CC(C)N1c1cc(C2=NCCC=C2C)c(Cl)cn1. The van der Waals surface area contributed by atoms with Crippen LogP contribution in [0.2, 0.25) is 5.02 Å². The van der Waals surface area contributed by atoms with Gasteiger partial charge in [0.25, 0.3) is 0 Å². The van der Waals surface area contributed by atoms with E-state index in [2.05, 4.69) is 36.7 Å². The maximum Gasteiger partial charge on any atom is 0.225 e. The number of hydrogen-bond acceptors (Lipinski definition) is 5. The van der Waals surface area contributed by atoms with Crippen LogP contribution in [0.3, 0.4) is 0 Å². The average molecular weight is 433 g/mol. The molecule has 3 heterocycles. The molecule has 3 rings (SSSR count). The molecule has 0 spiro atoms. The molecular formula is C23H33ClN4O2. The molecule has 2 atom stereocenters. The monoisotopic (exact) mass is 432 g/mol. The first kappa shape index (κ1) is 22.8. The first-order chi connectivity index (χ1) is 14.1. The lowest BCUT2D eigenvalue weighted by atomic mass is 9.99. The van der Waals surface area contributed by atoms with Gasteiger partial charge in [-0.25, -0.2) is 4.98 Å². The van der Waals surface area contributed by atoms with E-state index in [0.717, 1.165) is 42.1 Å². The number of pyridine rings is 1. The summed E-state index contributed by atoms with van der Waals surface area (Å²) in [7, 11) is 0. The molecule has 7 heteroatoms. The maximum absolute atomic E-state index is 12.7. The first-order valence-electron chi connectivity index (χ1n) is 10.8. The van der Waals surface area contributed by atoms with Crippen LogP contribution in [0.15, 0.2) is 28.9 Å². The molecule has 1 fully saturated rings. The summed E-state index contributed by atoms with van der Waals surface area (Å²) < 4.78 is 0. The number of halogens is 1. The molecule has 1 aromatic heterocycles. The molecule has 1 amide bonds. The van der Waals surface area contributed by atoms with Gasteiger partial charge in [0.1, 0.15) is 5.82 Å². The predicted octanol–water partition coefficient (Wildman–Crippen LogP) is 3.85. The number of piperazine rings is 1. The number of aliphatic imine (C=N–C) groups is 1. The van der Waals surface area contributed by atoms with Crippen molar-refractivity contribution < 1.29 is 9.90 Å². The van der Waals surface area contributed by atoms with Crippen LogP contribution in [0.5, 0.6) is 0 Å². The zero-order valence-electron chi connectivity index (χ0n) is 18.7. The van der Waals surface area contributed by atoms with Crippen molar-refractivity contribution in [3.63, 3.8) is 0 Å². The molecule has 0 aliphatic carbocycles. The fourth-order valence-corrected chi connectivity index (χ4v) is 4.53. The Morgan fingerprint density at radius 1 is 1.37 bits per heavy atom. The van der Waals surface area contributed by atoms with Crippen LogP contribution in [0.1, 0.15) is 59.4 Å². The van der Waals surface area contributed by atoms with Crippen LogP contribution in [0.4, 0.5) is 5.82 Å². The Kier molecular flexibility index (Phi) is 6.88. The average Bonchev–Trinajstić information content (AvgIpc) is 2.67. The van der Waals surface area contributed by atoms with E-state index in [1.54, 1.807) is 20.0 Å². The van der Waals surface area contributed by atoms with E-state index in [1.807, 2.05) is 11.0 Å². The van der Waals surface area contributed by atoms with Gasteiger partial charge in [-0.2, -0.15) is 0 Å². The highest BCUT2D eigenvalue weighted by Crippen LogP contribution is 2.30. The number of aliphatic hydroxyl groups is 1. The molecule has 30 heavy (non-hydrogen) atoms. The minimum Gasteiger partial charge on any atom is -0.390 e. The van der Waals surface area contributed by atoms with Crippen LogP contribution in [-0.4, -0.2) is 63.9 Å². The van der Waals surface area contributed by atoms with E-state index in [1.165, 1.54) is 0 Å². The van der Waals surface area contributed by atoms with Crippen molar-refractivity contribution in [1.29, 1.82) is 0 Å². The minimum absolute atomic E-state index is 0.00507. The zero-order valence-corrected chi connectivity index (χ0v) is 19.4. The number of amides is 1. The number of dihydropyridines is 1. The molecule has 1 saturated heterocycles. The number of aromatic nitrogens is 1. The molecule has 164 valence electrons. The Morgan fingerprint density at radius 2 is 2.10 bits per heavy atom. The van der Waals surface area contributed by atoms with Crippen molar-refractivity contribution in [2.75, 3.05) is 24.5 Å². The summed E-state index contributed by atoms with van der Waals surface area (Å²) in [6.45, 7) is 11.7. The fraction of sp³-hybridized carbons (Fsp3) is 0.609. The Labute approximate surface area is 184 Å². The summed E-state index contributed by atoms with van der Waals surface area (Å²) in [6, 6.07) is 2.28. The number of carbonyl (C=O) groups is 1. The second kappa shape index (κ2) is 9.06. The van der Waals surface area contributed by atoms with Gasteiger partial charge in [-0.1, -0.05) is 24.6 Å². The van der Waals surface area contributed by atoms with Crippen LogP contribution < -0.4 is 4.90 Å². The van der Waals surface area contributed by atoms with Gasteiger partial charge >= 0.3 is 0 Å². The van der Waals surface area contributed by atoms with E-state index < -0.39 is 5.60 Å². The standard InChI is InChI=1S/C23H33ClN4O2/c1-6-17-14-27(21(29)11-23(4,5)30)13-16(3)28(17)20-10-18(19(24)12-26-20)22-15(2)8-7-9-25-22/h8,10,12,16-17,30H,6-7,9,11,13-14H2,1-5H3. The number of allylic oxidation sites excluding steroid dienone is 1. The summed E-state index contributed by atoms with van der Waals surface area (Å²) in [6.07, 6.45) is 5.88. The fourth-order valence-electron chi connectivity index (χ4n) is 4.33. The van der Waals surface area contributed by atoms with Crippen molar-refractivity contribution in [2.45, 2.75) is 71.6 Å². The second-order valence-electron chi connectivity index (χ2n) is 9.03. The molecule has 1 N–H and O–H groups in total. The molecule has 0 saturated carbocycles. The third kappa shape index (κ3) is 5.03. The van der Waals surface area contributed by atoms with Crippen molar-refractivity contribution in [3.05, 3.63) is 34.5 Å². The molecule has 2 aliphatic rings. The van der Waals surface area contributed by atoms with E-state index >= 15 is 0 Å². The van der Waals surface area contributed by atoms with E-state index in [0.29, 0.717) is 18.1 Å². The van der Waals surface area contributed by atoms with Crippen LogP contribution in [-0.2, 0) is 4.79 Å².